The first-order valence-electron chi connectivity index (χ1n) is 4.46. The second kappa shape index (κ2) is 3.20. The van der Waals surface area contributed by atoms with Gasteiger partial charge in [0.1, 0.15) is 0 Å². The van der Waals surface area contributed by atoms with Gasteiger partial charge in [0.2, 0.25) is 0 Å². The standard InChI is InChI=1S/C9H15NS/c1-2-10-5-3-9-8(7-10)4-6-11-9/h2-7H2,1H3. The van der Waals surface area contributed by atoms with Crippen LogP contribution in [-0.2, 0) is 0 Å². The van der Waals surface area contributed by atoms with Crippen LogP contribution in [0.3, 0.4) is 0 Å². The van der Waals surface area contributed by atoms with E-state index in [0.717, 1.165) is 0 Å². The fourth-order valence-corrected chi connectivity index (χ4v) is 3.03. The molecule has 2 aliphatic heterocycles. The number of rotatable bonds is 1. The molecule has 2 rings (SSSR count). The first-order valence-corrected chi connectivity index (χ1v) is 5.44. The molecule has 0 aromatic carbocycles. The van der Waals surface area contributed by atoms with Gasteiger partial charge in [-0.25, -0.2) is 0 Å². The van der Waals surface area contributed by atoms with Crippen LogP contribution in [0, 0.1) is 0 Å². The summed E-state index contributed by atoms with van der Waals surface area (Å²) in [5, 5.41) is 0. The van der Waals surface area contributed by atoms with Crippen molar-refractivity contribution in [3.63, 3.8) is 0 Å². The van der Waals surface area contributed by atoms with E-state index in [1.165, 1.54) is 38.2 Å². The van der Waals surface area contributed by atoms with Crippen molar-refractivity contribution in [3.8, 4) is 0 Å². The average molecular weight is 169 g/mol. The summed E-state index contributed by atoms with van der Waals surface area (Å²) in [7, 11) is 0. The molecule has 0 spiro atoms. The van der Waals surface area contributed by atoms with Crippen LogP contribution in [0.1, 0.15) is 19.8 Å². The number of thioether (sulfide) groups is 1. The molecular formula is C9H15NS. The van der Waals surface area contributed by atoms with E-state index in [1.54, 1.807) is 10.5 Å². The predicted molar refractivity (Wildman–Crippen MR) is 50.8 cm³/mol. The van der Waals surface area contributed by atoms with Gasteiger partial charge in [-0.1, -0.05) is 6.92 Å². The van der Waals surface area contributed by atoms with Crippen molar-refractivity contribution in [1.29, 1.82) is 0 Å². The molecule has 1 nitrogen and oxygen atoms in total. The van der Waals surface area contributed by atoms with Crippen molar-refractivity contribution >= 4 is 11.8 Å². The van der Waals surface area contributed by atoms with Gasteiger partial charge in [0.15, 0.2) is 0 Å². The van der Waals surface area contributed by atoms with Gasteiger partial charge in [0.05, 0.1) is 0 Å². The van der Waals surface area contributed by atoms with E-state index in [9.17, 15) is 0 Å². The van der Waals surface area contributed by atoms with Gasteiger partial charge >= 0.3 is 0 Å². The quantitative estimate of drug-likeness (QED) is 0.591. The third kappa shape index (κ3) is 1.47. The first kappa shape index (κ1) is 7.69. The highest BCUT2D eigenvalue weighted by molar-refractivity contribution is 8.03. The Morgan fingerprint density at radius 1 is 1.45 bits per heavy atom. The Labute approximate surface area is 72.8 Å². The van der Waals surface area contributed by atoms with Gasteiger partial charge in [-0.2, -0.15) is 0 Å². The van der Waals surface area contributed by atoms with Gasteiger partial charge < -0.3 is 0 Å². The lowest BCUT2D eigenvalue weighted by atomic mass is 10.1. The van der Waals surface area contributed by atoms with Crippen LogP contribution in [0.15, 0.2) is 10.5 Å². The molecule has 0 unspecified atom stereocenters. The Morgan fingerprint density at radius 2 is 2.36 bits per heavy atom. The minimum Gasteiger partial charge on any atom is -0.299 e. The lowest BCUT2D eigenvalue weighted by molar-refractivity contribution is 0.303. The van der Waals surface area contributed by atoms with Gasteiger partial charge in [0.25, 0.3) is 0 Å². The molecule has 0 atom stereocenters. The monoisotopic (exact) mass is 169 g/mol. The SMILES string of the molecule is CCN1CCC2=C(CCS2)C1. The topological polar surface area (TPSA) is 3.24 Å². The van der Waals surface area contributed by atoms with Gasteiger partial charge in [-0.05, 0) is 29.9 Å². The zero-order chi connectivity index (χ0) is 7.68. The Hall–Kier alpha value is 0.0500. The van der Waals surface area contributed by atoms with E-state index in [2.05, 4.69) is 23.6 Å². The van der Waals surface area contributed by atoms with Crippen LogP contribution in [0.2, 0.25) is 0 Å². The maximum Gasteiger partial charge on any atom is 0.0204 e. The molecule has 0 radical (unpaired) electrons. The normalized spacial score (nSPS) is 25.9. The molecule has 0 bridgehead atoms. The number of likely N-dealkylation sites (N-methyl/N-ethyl adjacent to an activating group) is 1. The van der Waals surface area contributed by atoms with Gasteiger partial charge in [-0.15, -0.1) is 11.8 Å². The summed E-state index contributed by atoms with van der Waals surface area (Å²) in [5.41, 5.74) is 1.74. The summed E-state index contributed by atoms with van der Waals surface area (Å²) in [6.07, 6.45) is 2.68. The molecule has 11 heavy (non-hydrogen) atoms. The second-order valence-electron chi connectivity index (χ2n) is 3.24. The third-order valence-corrected chi connectivity index (χ3v) is 3.84. The van der Waals surface area contributed by atoms with Crippen molar-refractivity contribution in [2.45, 2.75) is 19.8 Å². The van der Waals surface area contributed by atoms with Crippen molar-refractivity contribution in [3.05, 3.63) is 10.5 Å². The molecule has 0 aliphatic carbocycles. The van der Waals surface area contributed by atoms with Crippen LogP contribution in [0.5, 0.6) is 0 Å². The molecule has 0 saturated carbocycles. The van der Waals surface area contributed by atoms with Crippen LogP contribution >= 0.6 is 11.8 Å². The predicted octanol–water partition coefficient (Wildman–Crippen LogP) is 2.10. The van der Waals surface area contributed by atoms with Crippen molar-refractivity contribution in [1.82, 2.24) is 4.90 Å². The summed E-state index contributed by atoms with van der Waals surface area (Å²) in [5.74, 6) is 1.35. The second-order valence-corrected chi connectivity index (χ2v) is 4.43. The third-order valence-electron chi connectivity index (χ3n) is 2.59. The highest BCUT2D eigenvalue weighted by atomic mass is 32.2. The minimum absolute atomic E-state index is 1.22. The smallest absolute Gasteiger partial charge is 0.0204 e. The van der Waals surface area contributed by atoms with E-state index in [1.807, 2.05) is 0 Å². The fourth-order valence-electron chi connectivity index (χ4n) is 1.83. The highest BCUT2D eigenvalue weighted by Crippen LogP contribution is 2.36. The average Bonchev–Trinajstić information content (AvgIpc) is 2.50. The molecule has 0 amide bonds. The summed E-state index contributed by atoms with van der Waals surface area (Å²) < 4.78 is 0. The maximum atomic E-state index is 2.55. The number of hydrogen-bond donors (Lipinski definition) is 0. The Balaban J connectivity index is 2.05. The molecule has 62 valence electrons. The van der Waals surface area contributed by atoms with Crippen molar-refractivity contribution < 1.29 is 0 Å². The summed E-state index contributed by atoms with van der Waals surface area (Å²) in [4.78, 5) is 4.26. The summed E-state index contributed by atoms with van der Waals surface area (Å²) in [6, 6.07) is 0. The lowest BCUT2D eigenvalue weighted by Gasteiger charge is -2.26. The molecule has 0 saturated heterocycles. The minimum atomic E-state index is 1.22. The Kier molecular flexibility index (Phi) is 2.23. The highest BCUT2D eigenvalue weighted by Gasteiger charge is 2.21. The van der Waals surface area contributed by atoms with Crippen molar-refractivity contribution in [2.24, 2.45) is 0 Å². The summed E-state index contributed by atoms with van der Waals surface area (Å²) >= 11 is 2.09. The molecule has 0 fully saturated rings. The van der Waals surface area contributed by atoms with Crippen LogP contribution in [0.4, 0.5) is 0 Å². The van der Waals surface area contributed by atoms with Crippen LogP contribution in [-0.4, -0.2) is 30.3 Å². The fraction of sp³-hybridized carbons (Fsp3) is 0.778. The molecule has 0 N–H and O–H groups in total. The largest absolute Gasteiger partial charge is 0.299 e. The first-order chi connectivity index (χ1) is 5.40. The van der Waals surface area contributed by atoms with Crippen LogP contribution < -0.4 is 0 Å². The van der Waals surface area contributed by atoms with Gasteiger partial charge in [0, 0.05) is 18.8 Å². The zero-order valence-corrected chi connectivity index (χ0v) is 7.91. The number of hydrogen-bond acceptors (Lipinski definition) is 2. The molecule has 0 aromatic rings. The van der Waals surface area contributed by atoms with Crippen molar-refractivity contribution in [2.75, 3.05) is 25.4 Å². The molecule has 0 aromatic heterocycles. The number of nitrogens with zero attached hydrogens (tertiary/aromatic N) is 1. The zero-order valence-electron chi connectivity index (χ0n) is 7.10. The van der Waals surface area contributed by atoms with Gasteiger partial charge in [-0.3, -0.25) is 4.90 Å². The molecule has 2 heterocycles. The Bertz CT molecular complexity index is 186. The van der Waals surface area contributed by atoms with E-state index < -0.39 is 0 Å². The molecular weight excluding hydrogens is 154 g/mol. The maximum absolute atomic E-state index is 2.55. The van der Waals surface area contributed by atoms with E-state index in [4.69, 9.17) is 0 Å². The molecule has 2 heteroatoms. The lowest BCUT2D eigenvalue weighted by Crippen LogP contribution is -2.30. The van der Waals surface area contributed by atoms with E-state index in [0.29, 0.717) is 0 Å². The van der Waals surface area contributed by atoms with E-state index in [-0.39, 0.29) is 0 Å². The van der Waals surface area contributed by atoms with Crippen LogP contribution in [0.25, 0.3) is 0 Å². The Morgan fingerprint density at radius 3 is 3.18 bits per heavy atom. The summed E-state index contributed by atoms with van der Waals surface area (Å²) in [6.45, 7) is 6.04. The molecule has 2 aliphatic rings. The van der Waals surface area contributed by atoms with E-state index >= 15 is 0 Å².